The molecule has 1 atom stereocenters. The standard InChI is InChI=1S/C21H39NO3/c1-3-5-7-8-9-10-11-12-13-15-22-18-19(17-20(22)23)21(24)25-16-14-6-4-2/h19H,3-18H2,1-2H3. The highest BCUT2D eigenvalue weighted by molar-refractivity contribution is 5.86. The fourth-order valence-electron chi connectivity index (χ4n) is 3.40. The van der Waals surface area contributed by atoms with E-state index in [2.05, 4.69) is 13.8 Å². The van der Waals surface area contributed by atoms with E-state index in [-0.39, 0.29) is 17.8 Å². The Morgan fingerprint density at radius 1 is 0.920 bits per heavy atom. The lowest BCUT2D eigenvalue weighted by Crippen LogP contribution is -2.27. The van der Waals surface area contributed by atoms with Crippen molar-refractivity contribution in [3.63, 3.8) is 0 Å². The first kappa shape index (κ1) is 22.0. The van der Waals surface area contributed by atoms with Gasteiger partial charge < -0.3 is 9.64 Å². The maximum Gasteiger partial charge on any atom is 0.311 e. The molecular formula is C21H39NO3. The number of likely N-dealkylation sites (tertiary alicyclic amines) is 1. The van der Waals surface area contributed by atoms with Gasteiger partial charge in [-0.1, -0.05) is 78.1 Å². The number of hydrogen-bond donors (Lipinski definition) is 0. The Morgan fingerprint density at radius 3 is 2.12 bits per heavy atom. The number of ether oxygens (including phenoxy) is 1. The minimum absolute atomic E-state index is 0.120. The lowest BCUT2D eigenvalue weighted by molar-refractivity contribution is -0.148. The summed E-state index contributed by atoms with van der Waals surface area (Å²) in [6.45, 7) is 6.23. The van der Waals surface area contributed by atoms with Crippen molar-refractivity contribution in [2.45, 2.75) is 97.3 Å². The summed E-state index contributed by atoms with van der Waals surface area (Å²) in [4.78, 5) is 25.9. The normalized spacial score (nSPS) is 17.3. The maximum atomic E-state index is 12.1. The Bertz CT molecular complexity index is 370. The van der Waals surface area contributed by atoms with Crippen LogP contribution in [0.5, 0.6) is 0 Å². The molecule has 0 bridgehead atoms. The van der Waals surface area contributed by atoms with Gasteiger partial charge >= 0.3 is 5.97 Å². The van der Waals surface area contributed by atoms with Crippen LogP contribution in [0.1, 0.15) is 97.3 Å². The fraction of sp³-hybridized carbons (Fsp3) is 0.905. The molecule has 1 unspecified atom stereocenters. The third kappa shape index (κ3) is 9.86. The molecule has 0 N–H and O–H groups in total. The number of carbonyl (C=O) groups is 2. The average Bonchev–Trinajstić information content (AvgIpc) is 2.98. The van der Waals surface area contributed by atoms with Crippen LogP contribution < -0.4 is 0 Å². The van der Waals surface area contributed by atoms with E-state index in [9.17, 15) is 9.59 Å². The van der Waals surface area contributed by atoms with Gasteiger partial charge in [0.05, 0.1) is 12.5 Å². The van der Waals surface area contributed by atoms with Crippen LogP contribution in [0.3, 0.4) is 0 Å². The molecule has 0 saturated carbocycles. The minimum atomic E-state index is -0.243. The van der Waals surface area contributed by atoms with E-state index >= 15 is 0 Å². The van der Waals surface area contributed by atoms with Crippen LogP contribution >= 0.6 is 0 Å². The number of hydrogen-bond acceptors (Lipinski definition) is 3. The van der Waals surface area contributed by atoms with Crippen molar-refractivity contribution < 1.29 is 14.3 Å². The Balaban J connectivity index is 2.05. The van der Waals surface area contributed by atoms with Gasteiger partial charge in [-0.15, -0.1) is 0 Å². The predicted molar refractivity (Wildman–Crippen MR) is 102 cm³/mol. The van der Waals surface area contributed by atoms with Crippen LogP contribution in [0.2, 0.25) is 0 Å². The Morgan fingerprint density at radius 2 is 1.48 bits per heavy atom. The molecule has 1 aliphatic rings. The molecule has 1 aliphatic heterocycles. The quantitative estimate of drug-likeness (QED) is 0.304. The Labute approximate surface area is 154 Å². The minimum Gasteiger partial charge on any atom is -0.465 e. The molecule has 0 aliphatic carbocycles. The van der Waals surface area contributed by atoms with E-state index in [0.29, 0.717) is 19.6 Å². The molecule has 1 rings (SSSR count). The number of carbonyl (C=O) groups excluding carboxylic acids is 2. The summed E-state index contributed by atoms with van der Waals surface area (Å²) in [5, 5.41) is 0. The fourth-order valence-corrected chi connectivity index (χ4v) is 3.40. The summed E-state index contributed by atoms with van der Waals surface area (Å²) in [5.41, 5.74) is 0. The second-order valence-corrected chi connectivity index (χ2v) is 7.44. The van der Waals surface area contributed by atoms with Crippen LogP contribution in [0, 0.1) is 5.92 Å². The van der Waals surface area contributed by atoms with Crippen LogP contribution in [-0.2, 0) is 14.3 Å². The first-order valence-electron chi connectivity index (χ1n) is 10.6. The highest BCUT2D eigenvalue weighted by Crippen LogP contribution is 2.20. The molecule has 1 fully saturated rings. The molecule has 1 heterocycles. The summed E-state index contributed by atoms with van der Waals surface area (Å²) in [6, 6.07) is 0. The van der Waals surface area contributed by atoms with Gasteiger partial charge in [-0.3, -0.25) is 9.59 Å². The molecular weight excluding hydrogens is 314 g/mol. The molecule has 0 aromatic rings. The number of unbranched alkanes of at least 4 members (excludes halogenated alkanes) is 10. The van der Waals surface area contributed by atoms with Crippen LogP contribution in [0.15, 0.2) is 0 Å². The third-order valence-electron chi connectivity index (χ3n) is 5.07. The lowest BCUT2D eigenvalue weighted by Gasteiger charge is -2.16. The van der Waals surface area contributed by atoms with Gasteiger partial charge in [0.25, 0.3) is 0 Å². The molecule has 0 spiro atoms. The van der Waals surface area contributed by atoms with E-state index < -0.39 is 0 Å². The second kappa shape index (κ2) is 14.1. The van der Waals surface area contributed by atoms with Gasteiger partial charge in [-0.05, 0) is 12.8 Å². The summed E-state index contributed by atoms with van der Waals surface area (Å²) in [6.07, 6.45) is 15.0. The zero-order chi connectivity index (χ0) is 18.3. The first-order valence-corrected chi connectivity index (χ1v) is 10.6. The zero-order valence-corrected chi connectivity index (χ0v) is 16.6. The van der Waals surface area contributed by atoms with Crippen molar-refractivity contribution in [2.24, 2.45) is 5.92 Å². The van der Waals surface area contributed by atoms with Crippen molar-refractivity contribution in [3.8, 4) is 0 Å². The summed E-state index contributed by atoms with van der Waals surface area (Å²) < 4.78 is 5.30. The van der Waals surface area contributed by atoms with Gasteiger partial charge in [0.2, 0.25) is 5.91 Å². The highest BCUT2D eigenvalue weighted by Gasteiger charge is 2.34. The Kier molecular flexibility index (Phi) is 12.4. The molecule has 0 radical (unpaired) electrons. The van der Waals surface area contributed by atoms with Crippen molar-refractivity contribution >= 4 is 11.9 Å². The Hall–Kier alpha value is -1.06. The van der Waals surface area contributed by atoms with Crippen molar-refractivity contribution in [1.29, 1.82) is 0 Å². The first-order chi connectivity index (χ1) is 12.2. The highest BCUT2D eigenvalue weighted by atomic mass is 16.5. The summed E-state index contributed by atoms with van der Waals surface area (Å²) in [5.74, 6) is -0.304. The molecule has 25 heavy (non-hydrogen) atoms. The number of nitrogens with zero attached hydrogens (tertiary/aromatic N) is 1. The van der Waals surface area contributed by atoms with Gasteiger partial charge in [0, 0.05) is 19.5 Å². The average molecular weight is 354 g/mol. The van der Waals surface area contributed by atoms with Crippen molar-refractivity contribution in [2.75, 3.05) is 19.7 Å². The van der Waals surface area contributed by atoms with Gasteiger partial charge in [-0.2, -0.15) is 0 Å². The molecule has 1 saturated heterocycles. The third-order valence-corrected chi connectivity index (χ3v) is 5.07. The van der Waals surface area contributed by atoms with Gasteiger partial charge in [0.15, 0.2) is 0 Å². The molecule has 146 valence electrons. The van der Waals surface area contributed by atoms with Crippen molar-refractivity contribution in [1.82, 2.24) is 4.90 Å². The monoisotopic (exact) mass is 353 g/mol. The van der Waals surface area contributed by atoms with Crippen molar-refractivity contribution in [3.05, 3.63) is 0 Å². The second-order valence-electron chi connectivity index (χ2n) is 7.44. The molecule has 0 aromatic heterocycles. The van der Waals surface area contributed by atoms with Crippen LogP contribution in [0.4, 0.5) is 0 Å². The largest absolute Gasteiger partial charge is 0.465 e. The molecule has 4 nitrogen and oxygen atoms in total. The van der Waals surface area contributed by atoms with Crippen LogP contribution in [-0.4, -0.2) is 36.5 Å². The molecule has 4 heteroatoms. The molecule has 0 aromatic carbocycles. The SMILES string of the molecule is CCCCCCCCCCCN1CC(C(=O)OCCCCC)CC1=O. The predicted octanol–water partition coefficient (Wildman–Crippen LogP) is 5.10. The number of amides is 1. The smallest absolute Gasteiger partial charge is 0.311 e. The van der Waals surface area contributed by atoms with Crippen LogP contribution in [0.25, 0.3) is 0 Å². The zero-order valence-electron chi connectivity index (χ0n) is 16.6. The van der Waals surface area contributed by atoms with E-state index in [0.717, 1.165) is 32.2 Å². The number of rotatable bonds is 15. The van der Waals surface area contributed by atoms with E-state index in [1.165, 1.54) is 51.4 Å². The van der Waals surface area contributed by atoms with E-state index in [1.54, 1.807) is 0 Å². The van der Waals surface area contributed by atoms with Gasteiger partial charge in [0.1, 0.15) is 0 Å². The maximum absolute atomic E-state index is 12.1. The van der Waals surface area contributed by atoms with Gasteiger partial charge in [-0.25, -0.2) is 0 Å². The number of esters is 1. The van der Waals surface area contributed by atoms with E-state index in [4.69, 9.17) is 4.74 Å². The summed E-state index contributed by atoms with van der Waals surface area (Å²) >= 11 is 0. The summed E-state index contributed by atoms with van der Waals surface area (Å²) in [7, 11) is 0. The lowest BCUT2D eigenvalue weighted by atomic mass is 10.1. The van der Waals surface area contributed by atoms with E-state index in [1.807, 2.05) is 4.90 Å². The topological polar surface area (TPSA) is 46.6 Å². The molecule has 1 amide bonds.